The summed E-state index contributed by atoms with van der Waals surface area (Å²) in [6.45, 7) is 3.70. The number of thioether (sulfide) groups is 1. The smallest absolute Gasteiger partial charge is 0.318 e. The van der Waals surface area contributed by atoms with E-state index in [0.717, 1.165) is 33.9 Å². The van der Waals surface area contributed by atoms with Crippen LogP contribution in [-0.4, -0.2) is 32.4 Å². The number of hydrogen-bond acceptors (Lipinski definition) is 7. The topological polar surface area (TPSA) is 124 Å². The van der Waals surface area contributed by atoms with Crippen molar-refractivity contribution in [2.24, 2.45) is 11.7 Å². The van der Waals surface area contributed by atoms with Crippen LogP contribution in [0.1, 0.15) is 13.8 Å². The normalized spacial score (nSPS) is 12.1. The largest absolute Gasteiger partial charge is 0.411 e. The molecule has 4 rings (SSSR count). The number of urea groups is 1. The van der Waals surface area contributed by atoms with Crippen molar-refractivity contribution >= 4 is 46.2 Å². The zero-order valence-electron chi connectivity index (χ0n) is 17.8. The zero-order chi connectivity index (χ0) is 23.5. The number of rotatable bonds is 6. The lowest BCUT2D eigenvalue weighted by atomic mass is 10.0. The van der Waals surface area contributed by atoms with Crippen LogP contribution in [0.4, 0.5) is 4.79 Å². The molecule has 10 heteroatoms. The van der Waals surface area contributed by atoms with Gasteiger partial charge in [0, 0.05) is 16.0 Å². The molecule has 0 unspecified atom stereocenters. The number of amides is 3. The molecule has 33 heavy (non-hydrogen) atoms. The Balaban J connectivity index is 1.71. The summed E-state index contributed by atoms with van der Waals surface area (Å²) in [4.78, 5) is 28.2. The molecule has 0 bridgehead atoms. The van der Waals surface area contributed by atoms with Crippen LogP contribution in [0.5, 0.6) is 0 Å². The van der Waals surface area contributed by atoms with Crippen molar-refractivity contribution in [2.45, 2.75) is 24.3 Å². The average molecular weight is 482 g/mol. The first-order valence-electron chi connectivity index (χ1n) is 10.1. The van der Waals surface area contributed by atoms with E-state index in [9.17, 15) is 9.59 Å². The first-order chi connectivity index (χ1) is 15.8. The molecule has 0 radical (unpaired) electrons. The Morgan fingerprint density at radius 2 is 1.82 bits per heavy atom. The van der Waals surface area contributed by atoms with Crippen molar-refractivity contribution in [1.82, 2.24) is 20.5 Å². The Kier molecular flexibility index (Phi) is 6.62. The Labute approximate surface area is 198 Å². The van der Waals surface area contributed by atoms with Crippen LogP contribution in [0.3, 0.4) is 0 Å². The minimum absolute atomic E-state index is 0.108. The second-order valence-electron chi connectivity index (χ2n) is 7.59. The predicted molar refractivity (Wildman–Crippen MR) is 128 cm³/mol. The number of nitrogens with one attached hydrogen (secondary N) is 1. The van der Waals surface area contributed by atoms with Gasteiger partial charge in [-0.15, -0.1) is 10.2 Å². The van der Waals surface area contributed by atoms with Crippen LogP contribution in [0.15, 0.2) is 64.2 Å². The molecular weight excluding hydrogens is 462 g/mol. The first-order valence-corrected chi connectivity index (χ1v) is 11.3. The van der Waals surface area contributed by atoms with Gasteiger partial charge in [0.2, 0.25) is 11.8 Å². The molecular formula is C23H20ClN5O3S. The van der Waals surface area contributed by atoms with Crippen molar-refractivity contribution in [1.29, 1.82) is 0 Å². The highest BCUT2D eigenvalue weighted by atomic mass is 35.5. The van der Waals surface area contributed by atoms with Gasteiger partial charge in [-0.05, 0) is 30.2 Å². The molecule has 2 aromatic heterocycles. The molecule has 0 saturated carbocycles. The van der Waals surface area contributed by atoms with Gasteiger partial charge in [-0.25, -0.2) is 9.78 Å². The Morgan fingerprint density at radius 1 is 1.09 bits per heavy atom. The molecule has 2 heterocycles. The number of nitrogens with two attached hydrogens (primary N) is 1. The summed E-state index contributed by atoms with van der Waals surface area (Å²) in [5.41, 5.74) is 8.19. The lowest BCUT2D eigenvalue weighted by Gasteiger charge is -2.16. The fraction of sp³-hybridized carbons (Fsp3) is 0.174. The third-order valence-electron chi connectivity index (χ3n) is 4.83. The standard InChI is InChI=1S/C23H20ClN5O3S/c1-12(2)19(20(30)27-22(25)31)33-23-29-28-21(32-23)16-11-18(13-7-9-14(24)10-8-13)26-17-6-4-3-5-15(16)17/h3-12,19H,1-2H3,(H3,25,27,30,31)/t19-/m1/s1. The van der Waals surface area contributed by atoms with E-state index in [1.807, 2.05) is 56.3 Å². The number of nitrogens with zero attached hydrogens (tertiary/aromatic N) is 3. The SMILES string of the molecule is CC(C)[C@@H](Sc1nnc(-c2cc(-c3ccc(Cl)cc3)nc3ccccc23)o1)C(=O)NC(N)=O. The minimum atomic E-state index is -0.907. The number of para-hydroxylation sites is 1. The van der Waals surface area contributed by atoms with Gasteiger partial charge in [-0.1, -0.05) is 67.5 Å². The van der Waals surface area contributed by atoms with Gasteiger partial charge in [-0.3, -0.25) is 10.1 Å². The molecule has 0 saturated heterocycles. The van der Waals surface area contributed by atoms with Gasteiger partial charge in [0.1, 0.15) is 0 Å². The highest BCUT2D eigenvalue weighted by Gasteiger charge is 2.27. The number of carbonyl (C=O) groups excluding carboxylic acids is 2. The fourth-order valence-corrected chi connectivity index (χ4v) is 4.28. The summed E-state index contributed by atoms with van der Waals surface area (Å²) < 4.78 is 5.92. The third-order valence-corrected chi connectivity index (χ3v) is 6.46. The van der Waals surface area contributed by atoms with E-state index in [4.69, 9.17) is 26.7 Å². The summed E-state index contributed by atoms with van der Waals surface area (Å²) in [6.07, 6.45) is 0. The van der Waals surface area contributed by atoms with Crippen molar-refractivity contribution < 1.29 is 14.0 Å². The fourth-order valence-electron chi connectivity index (χ4n) is 3.28. The number of benzene rings is 2. The third kappa shape index (κ3) is 5.15. The molecule has 0 aliphatic carbocycles. The maximum Gasteiger partial charge on any atom is 0.318 e. The number of imide groups is 1. The molecule has 0 aliphatic rings. The lowest BCUT2D eigenvalue weighted by Crippen LogP contribution is -2.42. The van der Waals surface area contributed by atoms with Crippen molar-refractivity contribution in [3.05, 3.63) is 59.6 Å². The van der Waals surface area contributed by atoms with Gasteiger partial charge in [0.15, 0.2) is 0 Å². The summed E-state index contributed by atoms with van der Waals surface area (Å²) in [5.74, 6) is -0.325. The maximum atomic E-state index is 12.3. The number of halogens is 1. The van der Waals surface area contributed by atoms with E-state index in [1.165, 1.54) is 0 Å². The summed E-state index contributed by atoms with van der Waals surface area (Å²) in [7, 11) is 0. The van der Waals surface area contributed by atoms with Crippen molar-refractivity contribution in [2.75, 3.05) is 0 Å². The molecule has 0 spiro atoms. The van der Waals surface area contributed by atoms with Crippen molar-refractivity contribution in [3.8, 4) is 22.7 Å². The number of fused-ring (bicyclic) bond motifs is 1. The molecule has 8 nitrogen and oxygen atoms in total. The highest BCUT2D eigenvalue weighted by Crippen LogP contribution is 2.34. The number of carbonyl (C=O) groups is 2. The minimum Gasteiger partial charge on any atom is -0.411 e. The molecule has 4 aromatic rings. The van der Waals surface area contributed by atoms with E-state index in [2.05, 4.69) is 15.5 Å². The van der Waals surface area contributed by atoms with E-state index >= 15 is 0 Å². The van der Waals surface area contributed by atoms with Gasteiger partial charge >= 0.3 is 6.03 Å². The Bertz CT molecular complexity index is 1320. The van der Waals surface area contributed by atoms with Crippen LogP contribution >= 0.6 is 23.4 Å². The zero-order valence-corrected chi connectivity index (χ0v) is 19.4. The molecule has 2 aromatic carbocycles. The monoisotopic (exact) mass is 481 g/mol. The van der Waals surface area contributed by atoms with Gasteiger partial charge in [-0.2, -0.15) is 0 Å². The molecule has 0 aliphatic heterocycles. The summed E-state index contributed by atoms with van der Waals surface area (Å²) in [6, 6.07) is 16.0. The second-order valence-corrected chi connectivity index (χ2v) is 9.12. The van der Waals surface area contributed by atoms with Crippen LogP contribution in [0, 0.1) is 5.92 Å². The number of aromatic nitrogens is 3. The quantitative estimate of drug-likeness (QED) is 0.374. The van der Waals surface area contributed by atoms with Crippen LogP contribution in [-0.2, 0) is 4.79 Å². The number of primary amides is 1. The van der Waals surface area contributed by atoms with Gasteiger partial charge in [0.05, 0.1) is 22.0 Å². The molecule has 3 N–H and O–H groups in total. The lowest BCUT2D eigenvalue weighted by molar-refractivity contribution is -0.120. The van der Waals surface area contributed by atoms with Crippen LogP contribution < -0.4 is 11.1 Å². The van der Waals surface area contributed by atoms with Gasteiger partial charge < -0.3 is 10.2 Å². The molecule has 1 atom stereocenters. The Hall–Kier alpha value is -3.43. The van der Waals surface area contributed by atoms with Crippen molar-refractivity contribution in [3.63, 3.8) is 0 Å². The van der Waals surface area contributed by atoms with E-state index in [-0.39, 0.29) is 11.1 Å². The number of pyridine rings is 1. The van der Waals surface area contributed by atoms with Crippen LogP contribution in [0.25, 0.3) is 33.6 Å². The van der Waals surface area contributed by atoms with Crippen LogP contribution in [0.2, 0.25) is 5.02 Å². The van der Waals surface area contributed by atoms with Gasteiger partial charge in [0.25, 0.3) is 5.22 Å². The van der Waals surface area contributed by atoms with E-state index in [0.29, 0.717) is 16.5 Å². The average Bonchev–Trinajstić information content (AvgIpc) is 3.25. The first kappa shape index (κ1) is 22.8. The molecule has 3 amide bonds. The maximum absolute atomic E-state index is 12.3. The molecule has 168 valence electrons. The summed E-state index contributed by atoms with van der Waals surface area (Å²) in [5, 5.41) is 11.5. The summed E-state index contributed by atoms with van der Waals surface area (Å²) >= 11 is 7.11. The number of hydrogen-bond donors (Lipinski definition) is 2. The van der Waals surface area contributed by atoms with E-state index < -0.39 is 17.2 Å². The Morgan fingerprint density at radius 3 is 2.52 bits per heavy atom. The second kappa shape index (κ2) is 9.60. The highest BCUT2D eigenvalue weighted by molar-refractivity contribution is 8.00. The molecule has 0 fully saturated rings. The van der Waals surface area contributed by atoms with E-state index in [1.54, 1.807) is 12.1 Å². The predicted octanol–water partition coefficient (Wildman–Crippen LogP) is 4.92.